The highest BCUT2D eigenvalue weighted by molar-refractivity contribution is 6.00. The fraction of sp³-hybridized carbons (Fsp3) is 0.238. The number of likely N-dealkylation sites (tertiary alicyclic amines) is 1. The normalized spacial score (nSPS) is 17.9. The summed E-state index contributed by atoms with van der Waals surface area (Å²) in [6, 6.07) is 17.3. The zero-order chi connectivity index (χ0) is 19.5. The van der Waals surface area contributed by atoms with Crippen molar-refractivity contribution in [3.63, 3.8) is 0 Å². The molecule has 28 heavy (non-hydrogen) atoms. The molecule has 1 aliphatic heterocycles. The largest absolute Gasteiger partial charge is 0.399 e. The van der Waals surface area contributed by atoms with E-state index < -0.39 is 0 Å². The van der Waals surface area contributed by atoms with Gasteiger partial charge in [-0.1, -0.05) is 52.8 Å². The number of aromatic nitrogens is 2. The fourth-order valence-corrected chi connectivity index (χ4v) is 3.40. The molecular formula is C21H20N4O3. The Hall–Kier alpha value is -3.48. The van der Waals surface area contributed by atoms with Crippen LogP contribution in [0.15, 0.2) is 64.3 Å². The molecule has 0 bridgehead atoms. The Labute approximate surface area is 162 Å². The lowest BCUT2D eigenvalue weighted by Gasteiger charge is -2.21. The topological polar surface area (TPSA) is 80.8 Å². The first-order valence-electron chi connectivity index (χ1n) is 9.01. The van der Waals surface area contributed by atoms with E-state index in [-0.39, 0.29) is 11.9 Å². The van der Waals surface area contributed by atoms with Crippen LogP contribution < -0.4 is 0 Å². The van der Waals surface area contributed by atoms with E-state index in [0.29, 0.717) is 30.2 Å². The van der Waals surface area contributed by atoms with Gasteiger partial charge in [0.1, 0.15) is 13.2 Å². The van der Waals surface area contributed by atoms with Crippen LogP contribution in [-0.2, 0) is 4.84 Å². The minimum absolute atomic E-state index is 0.103. The van der Waals surface area contributed by atoms with E-state index in [1.54, 1.807) is 11.8 Å². The van der Waals surface area contributed by atoms with E-state index in [4.69, 9.17) is 9.36 Å². The van der Waals surface area contributed by atoms with Gasteiger partial charge in [0.05, 0.1) is 12.3 Å². The third kappa shape index (κ3) is 3.51. The van der Waals surface area contributed by atoms with Crippen molar-refractivity contribution < 1.29 is 14.2 Å². The number of benzene rings is 2. The van der Waals surface area contributed by atoms with Crippen molar-refractivity contribution in [1.82, 2.24) is 15.0 Å². The van der Waals surface area contributed by atoms with Gasteiger partial charge in [0, 0.05) is 18.9 Å². The van der Waals surface area contributed by atoms with E-state index in [0.717, 1.165) is 16.8 Å². The van der Waals surface area contributed by atoms with Crippen molar-refractivity contribution in [3.8, 4) is 11.1 Å². The first-order valence-corrected chi connectivity index (χ1v) is 9.01. The van der Waals surface area contributed by atoms with Gasteiger partial charge in [-0.3, -0.25) is 4.79 Å². The summed E-state index contributed by atoms with van der Waals surface area (Å²) >= 11 is 0. The number of aryl methyl sites for hydroxylation is 1. The second kappa shape index (κ2) is 7.64. The van der Waals surface area contributed by atoms with Crippen LogP contribution in [0.25, 0.3) is 11.1 Å². The van der Waals surface area contributed by atoms with E-state index >= 15 is 0 Å². The molecule has 0 saturated carbocycles. The van der Waals surface area contributed by atoms with Crippen molar-refractivity contribution in [3.05, 3.63) is 71.9 Å². The molecule has 7 nitrogen and oxygen atoms in total. The van der Waals surface area contributed by atoms with Crippen LogP contribution in [0.3, 0.4) is 0 Å². The van der Waals surface area contributed by atoms with Gasteiger partial charge in [-0.15, -0.1) is 0 Å². The molecule has 1 fully saturated rings. The minimum Gasteiger partial charge on any atom is -0.399 e. The lowest BCUT2D eigenvalue weighted by atomic mass is 10.0. The molecular weight excluding hydrogens is 356 g/mol. The highest BCUT2D eigenvalue weighted by Gasteiger charge is 2.37. The van der Waals surface area contributed by atoms with Gasteiger partial charge in [-0.2, -0.15) is 4.98 Å². The molecule has 0 N–H and O–H groups in total. The summed E-state index contributed by atoms with van der Waals surface area (Å²) in [4.78, 5) is 24.1. The molecule has 0 spiro atoms. The Morgan fingerprint density at radius 3 is 2.50 bits per heavy atom. The fourth-order valence-electron chi connectivity index (χ4n) is 3.40. The minimum atomic E-state index is -0.326. The molecule has 4 rings (SSSR count). The van der Waals surface area contributed by atoms with Crippen molar-refractivity contribution in [1.29, 1.82) is 0 Å². The quantitative estimate of drug-likeness (QED) is 0.650. The van der Waals surface area contributed by atoms with Crippen molar-refractivity contribution in [2.75, 3.05) is 13.7 Å². The summed E-state index contributed by atoms with van der Waals surface area (Å²) < 4.78 is 5.10. The number of nitrogens with zero attached hydrogens (tertiary/aromatic N) is 4. The molecule has 142 valence electrons. The molecule has 0 unspecified atom stereocenters. The standard InChI is InChI=1S/C21H20N4O3/c1-14-22-20(24-28-14)19-12-18(23-27-2)13-25(19)21(26)17-10-8-16(9-11-17)15-6-4-3-5-7-15/h3-11,19H,12-13H2,1-2H3/b23-18+/t19-/m0/s1. The first kappa shape index (κ1) is 17.9. The molecule has 0 radical (unpaired) electrons. The van der Waals surface area contributed by atoms with Crippen molar-refractivity contribution >= 4 is 11.6 Å². The SMILES string of the molecule is CO/N=C1\C[C@@H](c2noc(C)n2)N(C(=O)c2ccc(-c3ccccc3)cc2)C1. The Morgan fingerprint density at radius 1 is 1.14 bits per heavy atom. The third-order valence-electron chi connectivity index (χ3n) is 4.72. The molecule has 1 atom stereocenters. The van der Waals surface area contributed by atoms with Crippen molar-refractivity contribution in [2.24, 2.45) is 5.16 Å². The second-order valence-electron chi connectivity index (χ2n) is 6.61. The predicted molar refractivity (Wildman–Crippen MR) is 104 cm³/mol. The molecule has 2 heterocycles. The van der Waals surface area contributed by atoms with Crippen LogP contribution in [-0.4, -0.2) is 40.3 Å². The number of carbonyl (C=O) groups excluding carboxylic acids is 1. The number of hydrogen-bond acceptors (Lipinski definition) is 6. The summed E-state index contributed by atoms with van der Waals surface area (Å²) in [6.45, 7) is 2.09. The molecule has 0 aliphatic carbocycles. The number of rotatable bonds is 4. The molecule has 7 heteroatoms. The lowest BCUT2D eigenvalue weighted by Crippen LogP contribution is -2.31. The van der Waals surface area contributed by atoms with Gasteiger partial charge in [0.15, 0.2) is 5.82 Å². The average Bonchev–Trinajstić information content (AvgIpc) is 3.35. The van der Waals surface area contributed by atoms with E-state index in [1.807, 2.05) is 54.6 Å². The highest BCUT2D eigenvalue weighted by atomic mass is 16.6. The van der Waals surface area contributed by atoms with Crippen LogP contribution in [0, 0.1) is 6.92 Å². The van der Waals surface area contributed by atoms with Crippen LogP contribution >= 0.6 is 0 Å². The lowest BCUT2D eigenvalue weighted by molar-refractivity contribution is 0.0732. The van der Waals surface area contributed by atoms with E-state index in [2.05, 4.69) is 15.3 Å². The summed E-state index contributed by atoms with van der Waals surface area (Å²) in [5, 5.41) is 8.02. The highest BCUT2D eigenvalue weighted by Crippen LogP contribution is 2.31. The number of oxime groups is 1. The predicted octanol–water partition coefficient (Wildman–Crippen LogP) is 3.63. The summed E-state index contributed by atoms with van der Waals surface area (Å²) in [6.07, 6.45) is 0.515. The molecule has 1 saturated heterocycles. The maximum absolute atomic E-state index is 13.2. The van der Waals surface area contributed by atoms with E-state index in [1.165, 1.54) is 7.11 Å². The van der Waals surface area contributed by atoms with Crippen LogP contribution in [0.1, 0.15) is 34.5 Å². The van der Waals surface area contributed by atoms with Gasteiger partial charge in [0.25, 0.3) is 5.91 Å². The van der Waals surface area contributed by atoms with Gasteiger partial charge >= 0.3 is 0 Å². The Balaban J connectivity index is 1.60. The Bertz CT molecular complexity index is 996. The van der Waals surface area contributed by atoms with Crippen LogP contribution in [0.5, 0.6) is 0 Å². The Morgan fingerprint density at radius 2 is 1.86 bits per heavy atom. The monoisotopic (exact) mass is 376 g/mol. The number of carbonyl (C=O) groups is 1. The molecule has 1 amide bonds. The summed E-state index contributed by atoms with van der Waals surface area (Å²) in [7, 11) is 1.49. The zero-order valence-electron chi connectivity index (χ0n) is 15.7. The average molecular weight is 376 g/mol. The molecule has 3 aromatic rings. The van der Waals surface area contributed by atoms with Crippen molar-refractivity contribution in [2.45, 2.75) is 19.4 Å². The zero-order valence-corrected chi connectivity index (χ0v) is 15.7. The molecule has 1 aromatic heterocycles. The third-order valence-corrected chi connectivity index (χ3v) is 4.72. The smallest absolute Gasteiger partial charge is 0.254 e. The first-order chi connectivity index (χ1) is 13.7. The second-order valence-corrected chi connectivity index (χ2v) is 6.61. The maximum Gasteiger partial charge on any atom is 0.254 e. The maximum atomic E-state index is 13.2. The molecule has 2 aromatic carbocycles. The van der Waals surface area contributed by atoms with Gasteiger partial charge < -0.3 is 14.3 Å². The van der Waals surface area contributed by atoms with E-state index in [9.17, 15) is 4.79 Å². The van der Waals surface area contributed by atoms with Crippen LogP contribution in [0.2, 0.25) is 0 Å². The van der Waals surface area contributed by atoms with Gasteiger partial charge in [0.2, 0.25) is 5.89 Å². The number of hydrogen-bond donors (Lipinski definition) is 0. The Kier molecular flexibility index (Phi) is 4.89. The summed E-state index contributed by atoms with van der Waals surface area (Å²) in [5.41, 5.74) is 3.54. The number of amides is 1. The molecule has 1 aliphatic rings. The summed E-state index contributed by atoms with van der Waals surface area (Å²) in [5.74, 6) is 0.841. The van der Waals surface area contributed by atoms with Gasteiger partial charge in [-0.25, -0.2) is 0 Å². The van der Waals surface area contributed by atoms with Crippen LogP contribution in [0.4, 0.5) is 0 Å². The van der Waals surface area contributed by atoms with Gasteiger partial charge in [-0.05, 0) is 23.3 Å².